The highest BCUT2D eigenvalue weighted by atomic mass is 32.1. The zero-order chi connectivity index (χ0) is 14.7. The first-order valence-corrected chi connectivity index (χ1v) is 8.59. The predicted molar refractivity (Wildman–Crippen MR) is 88.7 cm³/mol. The number of benzene rings is 1. The van der Waals surface area contributed by atoms with Gasteiger partial charge in [0.15, 0.2) is 0 Å². The van der Waals surface area contributed by atoms with Crippen LogP contribution in [-0.4, -0.2) is 18.5 Å². The van der Waals surface area contributed by atoms with Crippen LogP contribution in [0, 0.1) is 5.92 Å². The number of rotatable bonds is 4. The zero-order valence-corrected chi connectivity index (χ0v) is 13.0. The first-order chi connectivity index (χ1) is 10.3. The molecular formula is C17H22N2OS. The van der Waals surface area contributed by atoms with Gasteiger partial charge in [0.05, 0.1) is 4.88 Å². The minimum absolute atomic E-state index is 0.0252. The van der Waals surface area contributed by atoms with Crippen LogP contribution in [0.5, 0.6) is 0 Å². The summed E-state index contributed by atoms with van der Waals surface area (Å²) < 4.78 is 1.16. The van der Waals surface area contributed by atoms with Gasteiger partial charge in [0, 0.05) is 17.3 Å². The zero-order valence-electron chi connectivity index (χ0n) is 12.2. The molecule has 1 aliphatic rings. The van der Waals surface area contributed by atoms with Crippen LogP contribution in [0.3, 0.4) is 0 Å². The molecular weight excluding hydrogens is 280 g/mol. The van der Waals surface area contributed by atoms with E-state index < -0.39 is 0 Å². The second kappa shape index (κ2) is 6.58. The third-order valence-corrected chi connectivity index (χ3v) is 5.55. The number of thiophene rings is 1. The summed E-state index contributed by atoms with van der Waals surface area (Å²) in [5, 5.41) is 4.29. The molecule has 112 valence electrons. The van der Waals surface area contributed by atoms with E-state index in [-0.39, 0.29) is 11.9 Å². The number of nitrogens with one attached hydrogen (secondary N) is 1. The SMILES string of the molecule is NCC(NC(=O)c1cc2ccccc2s1)C1CCCCC1. The van der Waals surface area contributed by atoms with Crippen molar-refractivity contribution in [1.82, 2.24) is 5.32 Å². The molecule has 3 nitrogen and oxygen atoms in total. The highest BCUT2D eigenvalue weighted by Gasteiger charge is 2.24. The standard InChI is InChI=1S/C17H22N2OS/c18-11-14(12-6-2-1-3-7-12)19-17(20)16-10-13-8-4-5-9-15(13)21-16/h4-5,8-10,12,14H,1-3,6-7,11,18H2,(H,19,20). The lowest BCUT2D eigenvalue weighted by Gasteiger charge is -2.29. The van der Waals surface area contributed by atoms with Gasteiger partial charge < -0.3 is 11.1 Å². The third kappa shape index (κ3) is 3.27. The van der Waals surface area contributed by atoms with E-state index in [0.29, 0.717) is 12.5 Å². The van der Waals surface area contributed by atoms with Gasteiger partial charge in [-0.2, -0.15) is 0 Å². The van der Waals surface area contributed by atoms with Gasteiger partial charge in [-0.05, 0) is 36.3 Å². The third-order valence-electron chi connectivity index (χ3n) is 4.44. The second-order valence-electron chi connectivity index (χ2n) is 5.86. The van der Waals surface area contributed by atoms with Gasteiger partial charge in [0.2, 0.25) is 0 Å². The van der Waals surface area contributed by atoms with Gasteiger partial charge in [-0.3, -0.25) is 4.79 Å². The van der Waals surface area contributed by atoms with Crippen LogP contribution in [0.15, 0.2) is 30.3 Å². The van der Waals surface area contributed by atoms with Crippen molar-refractivity contribution in [3.05, 3.63) is 35.2 Å². The van der Waals surface area contributed by atoms with Gasteiger partial charge in [-0.25, -0.2) is 0 Å². The lowest BCUT2D eigenvalue weighted by Crippen LogP contribution is -2.45. The molecule has 3 rings (SSSR count). The molecule has 1 saturated carbocycles. The first kappa shape index (κ1) is 14.5. The number of nitrogens with two attached hydrogens (primary N) is 1. The van der Waals surface area contributed by atoms with E-state index in [0.717, 1.165) is 15.0 Å². The lowest BCUT2D eigenvalue weighted by molar-refractivity contribution is 0.0920. The molecule has 2 aromatic rings. The highest BCUT2D eigenvalue weighted by molar-refractivity contribution is 7.20. The molecule has 0 saturated heterocycles. The minimum Gasteiger partial charge on any atom is -0.347 e. The van der Waals surface area contributed by atoms with E-state index in [1.54, 1.807) is 11.3 Å². The van der Waals surface area contributed by atoms with Gasteiger partial charge in [0.1, 0.15) is 0 Å². The predicted octanol–water partition coefficient (Wildman–Crippen LogP) is 3.54. The number of carbonyl (C=O) groups excluding carboxylic acids is 1. The van der Waals surface area contributed by atoms with Crippen LogP contribution in [0.25, 0.3) is 10.1 Å². The molecule has 1 unspecified atom stereocenters. The molecule has 1 heterocycles. The Labute approximate surface area is 129 Å². The number of carbonyl (C=O) groups is 1. The van der Waals surface area contributed by atoms with Crippen molar-refractivity contribution in [2.45, 2.75) is 38.1 Å². The van der Waals surface area contributed by atoms with Crippen molar-refractivity contribution in [3.8, 4) is 0 Å². The Morgan fingerprint density at radius 2 is 2.05 bits per heavy atom. The van der Waals surface area contributed by atoms with Crippen LogP contribution in [0.2, 0.25) is 0 Å². The Bertz CT molecular complexity index is 583. The van der Waals surface area contributed by atoms with Crippen LogP contribution in [-0.2, 0) is 0 Å². The minimum atomic E-state index is 0.0252. The number of amides is 1. The van der Waals surface area contributed by atoms with E-state index in [1.807, 2.05) is 24.3 Å². The monoisotopic (exact) mass is 302 g/mol. The van der Waals surface area contributed by atoms with Gasteiger partial charge in [0.25, 0.3) is 5.91 Å². The Morgan fingerprint density at radius 3 is 2.76 bits per heavy atom. The Balaban J connectivity index is 1.71. The summed E-state index contributed by atoms with van der Waals surface area (Å²) in [6.45, 7) is 0.529. The number of hydrogen-bond acceptors (Lipinski definition) is 3. The average Bonchev–Trinajstić information content (AvgIpc) is 2.97. The first-order valence-electron chi connectivity index (χ1n) is 7.77. The van der Waals surface area contributed by atoms with Crippen molar-refractivity contribution in [2.75, 3.05) is 6.54 Å². The smallest absolute Gasteiger partial charge is 0.261 e. The molecule has 1 aromatic carbocycles. The Kier molecular flexibility index (Phi) is 4.56. The lowest BCUT2D eigenvalue weighted by atomic mass is 9.84. The quantitative estimate of drug-likeness (QED) is 0.907. The molecule has 3 N–H and O–H groups in total. The number of fused-ring (bicyclic) bond motifs is 1. The maximum Gasteiger partial charge on any atom is 0.261 e. The van der Waals surface area contributed by atoms with E-state index in [2.05, 4.69) is 11.4 Å². The van der Waals surface area contributed by atoms with Crippen molar-refractivity contribution >= 4 is 27.3 Å². The van der Waals surface area contributed by atoms with Crippen LogP contribution in [0.1, 0.15) is 41.8 Å². The van der Waals surface area contributed by atoms with E-state index in [1.165, 1.54) is 32.1 Å². The van der Waals surface area contributed by atoms with Crippen LogP contribution in [0.4, 0.5) is 0 Å². The molecule has 21 heavy (non-hydrogen) atoms. The summed E-state index contributed by atoms with van der Waals surface area (Å²) in [5.41, 5.74) is 5.89. The molecule has 0 spiro atoms. The molecule has 1 atom stereocenters. The molecule has 1 aliphatic carbocycles. The van der Waals surface area contributed by atoms with Gasteiger partial charge in [-0.15, -0.1) is 11.3 Å². The maximum atomic E-state index is 12.5. The second-order valence-corrected chi connectivity index (χ2v) is 6.95. The van der Waals surface area contributed by atoms with E-state index in [4.69, 9.17) is 5.73 Å². The van der Waals surface area contributed by atoms with Crippen molar-refractivity contribution < 1.29 is 4.79 Å². The normalized spacial score (nSPS) is 17.8. The summed E-state index contributed by atoms with van der Waals surface area (Å²) in [7, 11) is 0. The summed E-state index contributed by atoms with van der Waals surface area (Å²) in [5.74, 6) is 0.569. The van der Waals surface area contributed by atoms with E-state index >= 15 is 0 Å². The fraction of sp³-hybridized carbons (Fsp3) is 0.471. The van der Waals surface area contributed by atoms with Gasteiger partial charge >= 0.3 is 0 Å². The summed E-state index contributed by atoms with van der Waals surface area (Å²) in [6, 6.07) is 10.2. The average molecular weight is 302 g/mol. The molecule has 0 radical (unpaired) electrons. The highest BCUT2D eigenvalue weighted by Crippen LogP contribution is 2.28. The summed E-state index contributed by atoms with van der Waals surface area (Å²) in [4.78, 5) is 13.3. The molecule has 1 aromatic heterocycles. The molecule has 0 aliphatic heterocycles. The molecule has 0 bridgehead atoms. The van der Waals surface area contributed by atoms with Crippen LogP contribution >= 0.6 is 11.3 Å². The fourth-order valence-electron chi connectivity index (χ4n) is 3.24. The topological polar surface area (TPSA) is 55.1 Å². The summed E-state index contributed by atoms with van der Waals surface area (Å²) >= 11 is 1.55. The molecule has 4 heteroatoms. The van der Waals surface area contributed by atoms with E-state index in [9.17, 15) is 4.79 Å². The van der Waals surface area contributed by atoms with Gasteiger partial charge in [-0.1, -0.05) is 37.5 Å². The number of hydrogen-bond donors (Lipinski definition) is 2. The molecule has 1 amide bonds. The largest absolute Gasteiger partial charge is 0.347 e. The maximum absolute atomic E-state index is 12.5. The summed E-state index contributed by atoms with van der Waals surface area (Å²) in [6.07, 6.45) is 6.22. The van der Waals surface area contributed by atoms with Crippen LogP contribution < -0.4 is 11.1 Å². The Hall–Kier alpha value is -1.39. The fourth-order valence-corrected chi connectivity index (χ4v) is 4.20. The van der Waals surface area contributed by atoms with Crippen molar-refractivity contribution in [2.24, 2.45) is 11.7 Å². The Morgan fingerprint density at radius 1 is 1.29 bits per heavy atom. The molecule has 1 fully saturated rings. The van der Waals surface area contributed by atoms with Crippen molar-refractivity contribution in [1.29, 1.82) is 0 Å². The van der Waals surface area contributed by atoms with Crippen molar-refractivity contribution in [3.63, 3.8) is 0 Å².